The summed E-state index contributed by atoms with van der Waals surface area (Å²) in [6, 6.07) is 5.36. The number of Topliss-reactive ketones (excluding diaryl/α,β-unsaturated/α-hetero) is 1. The van der Waals surface area contributed by atoms with Gasteiger partial charge in [0.15, 0.2) is 5.16 Å². The minimum atomic E-state index is -0.443. The van der Waals surface area contributed by atoms with E-state index in [2.05, 4.69) is 12.2 Å². The van der Waals surface area contributed by atoms with E-state index in [1.54, 1.807) is 22.8 Å². The molecule has 1 fully saturated rings. The fraction of sp³-hybridized carbons (Fsp3) is 0.615. The minimum Gasteiger partial charge on any atom is -0.349 e. The molecule has 1 N–H and O–H groups in total. The van der Waals surface area contributed by atoms with Crippen molar-refractivity contribution in [2.24, 2.45) is 5.41 Å². The van der Waals surface area contributed by atoms with E-state index in [0.29, 0.717) is 28.2 Å². The molecule has 1 aliphatic carbocycles. The quantitative estimate of drug-likeness (QED) is 0.303. The highest BCUT2D eigenvalue weighted by molar-refractivity contribution is 7.99. The van der Waals surface area contributed by atoms with Gasteiger partial charge in [-0.15, -0.1) is 0 Å². The zero-order valence-electron chi connectivity index (χ0n) is 20.4. The van der Waals surface area contributed by atoms with Crippen LogP contribution in [0.2, 0.25) is 0 Å². The van der Waals surface area contributed by atoms with Crippen LogP contribution in [-0.2, 0) is 11.3 Å². The monoisotopic (exact) mass is 471 g/mol. The zero-order valence-corrected chi connectivity index (χ0v) is 21.2. The van der Waals surface area contributed by atoms with E-state index in [0.717, 1.165) is 44.9 Å². The first kappa shape index (κ1) is 25.5. The summed E-state index contributed by atoms with van der Waals surface area (Å²) in [4.78, 5) is 43.4. The van der Waals surface area contributed by atoms with E-state index in [1.165, 1.54) is 18.2 Å². The van der Waals surface area contributed by atoms with Crippen LogP contribution in [0.25, 0.3) is 10.9 Å². The molecule has 3 rings (SSSR count). The number of rotatable bonds is 9. The number of benzene rings is 1. The Bertz CT molecular complexity index is 1050. The molecular weight excluding hydrogens is 434 g/mol. The summed E-state index contributed by atoms with van der Waals surface area (Å²) in [6.45, 7) is 8.39. The van der Waals surface area contributed by atoms with Crippen LogP contribution in [0.4, 0.5) is 0 Å². The van der Waals surface area contributed by atoms with Gasteiger partial charge in [0.05, 0.1) is 16.7 Å². The molecule has 7 heteroatoms. The lowest BCUT2D eigenvalue weighted by molar-refractivity contribution is -0.123. The molecule has 1 amide bonds. The number of carbonyl (C=O) groups is 2. The molecule has 1 aliphatic rings. The number of nitrogens with one attached hydrogen (secondary N) is 1. The summed E-state index contributed by atoms with van der Waals surface area (Å²) in [5, 5.41) is 4.19. The first-order valence-electron chi connectivity index (χ1n) is 12.2. The van der Waals surface area contributed by atoms with Crippen molar-refractivity contribution in [3.63, 3.8) is 0 Å². The number of fused-ring (bicyclic) bond motifs is 1. The number of unbranched alkanes of at least 4 members (excludes halogenated alkanes) is 2. The third-order valence-electron chi connectivity index (χ3n) is 6.28. The molecule has 0 aliphatic heterocycles. The van der Waals surface area contributed by atoms with Gasteiger partial charge in [-0.05, 0) is 37.5 Å². The van der Waals surface area contributed by atoms with Gasteiger partial charge in [-0.2, -0.15) is 0 Å². The van der Waals surface area contributed by atoms with E-state index < -0.39 is 5.41 Å². The van der Waals surface area contributed by atoms with Crippen LogP contribution in [0.3, 0.4) is 0 Å². The summed E-state index contributed by atoms with van der Waals surface area (Å²) in [6.07, 6.45) is 8.52. The van der Waals surface area contributed by atoms with Crippen molar-refractivity contribution in [2.45, 2.75) is 96.8 Å². The van der Waals surface area contributed by atoms with Gasteiger partial charge in [0.25, 0.3) is 11.5 Å². The zero-order chi connectivity index (χ0) is 24.0. The maximum atomic E-state index is 13.3. The number of hydrogen-bond acceptors (Lipinski definition) is 5. The van der Waals surface area contributed by atoms with Crippen LogP contribution in [0.5, 0.6) is 0 Å². The lowest BCUT2D eigenvalue weighted by Crippen LogP contribution is -2.36. The molecule has 1 aromatic heterocycles. The summed E-state index contributed by atoms with van der Waals surface area (Å²) in [5.41, 5.74) is 0.474. The number of aromatic nitrogens is 2. The topological polar surface area (TPSA) is 81.1 Å². The molecule has 1 saturated carbocycles. The maximum Gasteiger partial charge on any atom is 0.262 e. The largest absolute Gasteiger partial charge is 0.349 e. The Balaban J connectivity index is 1.91. The SMILES string of the molecule is CCCCCn1c(SCC(=O)C(C)(C)C)nc2cc(C(=O)NC3CCCCC3)ccc2c1=O. The molecule has 180 valence electrons. The molecule has 0 radical (unpaired) electrons. The first-order chi connectivity index (χ1) is 15.7. The van der Waals surface area contributed by atoms with E-state index in [1.807, 2.05) is 20.8 Å². The number of amides is 1. The molecule has 0 unspecified atom stereocenters. The molecule has 6 nitrogen and oxygen atoms in total. The minimum absolute atomic E-state index is 0.110. The lowest BCUT2D eigenvalue weighted by atomic mass is 9.92. The predicted molar refractivity (Wildman–Crippen MR) is 135 cm³/mol. The molecule has 1 heterocycles. The van der Waals surface area contributed by atoms with Crippen LogP contribution in [0.15, 0.2) is 28.2 Å². The van der Waals surface area contributed by atoms with Crippen molar-refractivity contribution in [3.8, 4) is 0 Å². The molecule has 0 saturated heterocycles. The Labute approximate surface area is 200 Å². The number of hydrogen-bond donors (Lipinski definition) is 1. The van der Waals surface area contributed by atoms with Gasteiger partial charge in [0, 0.05) is 23.6 Å². The fourth-order valence-corrected chi connectivity index (χ4v) is 5.22. The van der Waals surface area contributed by atoms with E-state index >= 15 is 0 Å². The second-order valence-corrected chi connectivity index (χ2v) is 11.0. The first-order valence-corrected chi connectivity index (χ1v) is 13.2. The van der Waals surface area contributed by atoms with Gasteiger partial charge < -0.3 is 5.32 Å². The highest BCUT2D eigenvalue weighted by Gasteiger charge is 2.23. The van der Waals surface area contributed by atoms with Gasteiger partial charge in [0.2, 0.25) is 0 Å². The van der Waals surface area contributed by atoms with E-state index in [9.17, 15) is 14.4 Å². The average molecular weight is 472 g/mol. The van der Waals surface area contributed by atoms with Crippen molar-refractivity contribution < 1.29 is 9.59 Å². The summed E-state index contributed by atoms with van der Waals surface area (Å²) in [5.74, 6) is 0.259. The Kier molecular flexibility index (Phi) is 8.74. The number of nitrogens with zero attached hydrogens (tertiary/aromatic N) is 2. The van der Waals surface area contributed by atoms with Gasteiger partial charge in [-0.3, -0.25) is 19.0 Å². The fourth-order valence-electron chi connectivity index (χ4n) is 4.03. The molecule has 1 aromatic carbocycles. The normalized spacial score (nSPS) is 15.0. The van der Waals surface area contributed by atoms with Crippen LogP contribution in [0, 0.1) is 5.41 Å². The maximum absolute atomic E-state index is 13.3. The van der Waals surface area contributed by atoms with Crippen molar-refractivity contribution in [2.75, 3.05) is 5.75 Å². The van der Waals surface area contributed by atoms with E-state index in [4.69, 9.17) is 4.98 Å². The summed E-state index contributed by atoms with van der Waals surface area (Å²) < 4.78 is 1.69. The summed E-state index contributed by atoms with van der Waals surface area (Å²) in [7, 11) is 0. The number of thioether (sulfide) groups is 1. The molecule has 0 spiro atoms. The smallest absolute Gasteiger partial charge is 0.262 e. The van der Waals surface area contributed by atoms with Crippen molar-refractivity contribution in [1.29, 1.82) is 0 Å². The van der Waals surface area contributed by atoms with Gasteiger partial charge in [-0.1, -0.05) is 71.6 Å². The molecule has 0 atom stereocenters. The predicted octanol–water partition coefficient (Wildman–Crippen LogP) is 5.36. The molecule has 33 heavy (non-hydrogen) atoms. The average Bonchev–Trinajstić information content (AvgIpc) is 2.78. The van der Waals surface area contributed by atoms with Crippen LogP contribution < -0.4 is 10.9 Å². The number of carbonyl (C=O) groups excluding carboxylic acids is 2. The Morgan fingerprint density at radius 1 is 1.15 bits per heavy atom. The van der Waals surface area contributed by atoms with Gasteiger partial charge >= 0.3 is 0 Å². The van der Waals surface area contributed by atoms with Crippen LogP contribution >= 0.6 is 11.8 Å². The lowest BCUT2D eigenvalue weighted by Gasteiger charge is -2.22. The van der Waals surface area contributed by atoms with Crippen molar-refractivity contribution in [3.05, 3.63) is 34.1 Å². The van der Waals surface area contributed by atoms with Gasteiger partial charge in [-0.25, -0.2) is 4.98 Å². The highest BCUT2D eigenvalue weighted by Crippen LogP contribution is 2.24. The van der Waals surface area contributed by atoms with Gasteiger partial charge in [0.1, 0.15) is 5.78 Å². The van der Waals surface area contributed by atoms with Crippen molar-refractivity contribution in [1.82, 2.24) is 14.9 Å². The van der Waals surface area contributed by atoms with E-state index in [-0.39, 0.29) is 29.0 Å². The Morgan fingerprint density at radius 3 is 2.55 bits per heavy atom. The highest BCUT2D eigenvalue weighted by atomic mass is 32.2. The third-order valence-corrected chi connectivity index (χ3v) is 7.25. The van der Waals surface area contributed by atoms with Crippen molar-refractivity contribution >= 4 is 34.4 Å². The Morgan fingerprint density at radius 2 is 1.88 bits per heavy atom. The Hall–Kier alpha value is -2.15. The van der Waals surface area contributed by atoms with Crippen LogP contribution in [-0.4, -0.2) is 33.0 Å². The second-order valence-electron chi connectivity index (χ2n) is 10.1. The third kappa shape index (κ3) is 6.69. The number of ketones is 1. The second kappa shape index (κ2) is 11.3. The van der Waals surface area contributed by atoms with Crippen LogP contribution in [0.1, 0.15) is 89.4 Å². The summed E-state index contributed by atoms with van der Waals surface area (Å²) >= 11 is 1.31. The molecule has 0 bridgehead atoms. The standard InChI is InChI=1S/C26H37N3O3S/c1-5-6-10-15-29-24(32)20-14-13-18(23(31)27-19-11-8-7-9-12-19)16-21(20)28-25(29)33-17-22(30)26(2,3)4/h13-14,16,19H,5-12,15,17H2,1-4H3,(H,27,31). The molecular formula is C26H37N3O3S. The molecule has 2 aromatic rings.